The quantitative estimate of drug-likeness (QED) is 0.285. The highest BCUT2D eigenvalue weighted by Crippen LogP contribution is 2.39. The van der Waals surface area contributed by atoms with E-state index in [0.29, 0.717) is 28.6 Å². The van der Waals surface area contributed by atoms with Crippen molar-refractivity contribution in [2.45, 2.75) is 13.8 Å². The maximum absolute atomic E-state index is 12.9. The van der Waals surface area contributed by atoms with Crippen molar-refractivity contribution in [2.24, 2.45) is 0 Å². The van der Waals surface area contributed by atoms with Gasteiger partial charge in [0, 0.05) is 34.2 Å². The van der Waals surface area contributed by atoms with Crippen LogP contribution in [-0.2, 0) is 0 Å². The third-order valence-corrected chi connectivity index (χ3v) is 6.65. The molecule has 0 bridgehead atoms. The van der Waals surface area contributed by atoms with Gasteiger partial charge in [0.15, 0.2) is 0 Å². The van der Waals surface area contributed by atoms with E-state index in [-0.39, 0.29) is 17.5 Å². The highest BCUT2D eigenvalue weighted by Gasteiger charge is 2.18. The zero-order valence-electron chi connectivity index (χ0n) is 20.8. The zero-order chi connectivity index (χ0) is 26.5. The van der Waals surface area contributed by atoms with E-state index in [4.69, 9.17) is 9.47 Å². The molecule has 0 aliphatic rings. The van der Waals surface area contributed by atoms with Crippen LogP contribution in [0.3, 0.4) is 0 Å². The lowest BCUT2D eigenvalue weighted by Crippen LogP contribution is -2.15. The smallest absolute Gasteiger partial charge is 0.274 e. The van der Waals surface area contributed by atoms with E-state index in [2.05, 4.69) is 36.5 Å². The largest absolute Gasteiger partial charge is 0.497 e. The molecule has 9 heteroatoms. The molecule has 37 heavy (non-hydrogen) atoms. The van der Waals surface area contributed by atoms with Crippen molar-refractivity contribution < 1.29 is 19.1 Å². The number of anilines is 2. The van der Waals surface area contributed by atoms with Crippen molar-refractivity contribution in [2.75, 3.05) is 24.9 Å². The van der Waals surface area contributed by atoms with Crippen LogP contribution in [-0.4, -0.2) is 36.0 Å². The fourth-order valence-corrected chi connectivity index (χ4v) is 4.05. The fraction of sp³-hybridized carbons (Fsp3) is 0.143. The number of aromatic nitrogens is 2. The van der Waals surface area contributed by atoms with Crippen LogP contribution in [0.5, 0.6) is 11.5 Å². The molecule has 0 saturated heterocycles. The molecule has 188 valence electrons. The number of amides is 2. The number of rotatable bonds is 7. The van der Waals surface area contributed by atoms with Gasteiger partial charge in [-0.15, -0.1) is 0 Å². The Morgan fingerprint density at radius 2 is 1.46 bits per heavy atom. The second-order valence-corrected chi connectivity index (χ2v) is 9.03. The summed E-state index contributed by atoms with van der Waals surface area (Å²) in [6, 6.07) is 16.0. The van der Waals surface area contributed by atoms with E-state index < -0.39 is 0 Å². The topological polar surface area (TPSA) is 102 Å². The summed E-state index contributed by atoms with van der Waals surface area (Å²) in [5, 5.41) is 5.83. The Morgan fingerprint density at radius 1 is 0.811 bits per heavy atom. The molecule has 2 heterocycles. The maximum atomic E-state index is 12.9. The Hall–Kier alpha value is -4.24. The van der Waals surface area contributed by atoms with Gasteiger partial charge in [-0.25, -0.2) is 4.98 Å². The van der Waals surface area contributed by atoms with Gasteiger partial charge in [0.1, 0.15) is 22.9 Å². The average Bonchev–Trinajstić information content (AvgIpc) is 2.91. The predicted molar refractivity (Wildman–Crippen MR) is 147 cm³/mol. The lowest BCUT2D eigenvalue weighted by molar-refractivity contribution is 0.101. The zero-order valence-corrected chi connectivity index (χ0v) is 22.3. The number of methoxy groups -OCH3 is 2. The number of pyridine rings is 2. The molecular formula is C28H25BrN4O4. The first kappa shape index (κ1) is 25.8. The first-order valence-corrected chi connectivity index (χ1v) is 12.1. The summed E-state index contributed by atoms with van der Waals surface area (Å²) in [7, 11) is 3.08. The van der Waals surface area contributed by atoms with Gasteiger partial charge in [-0.2, -0.15) is 0 Å². The Morgan fingerprint density at radius 3 is 2.14 bits per heavy atom. The first-order chi connectivity index (χ1) is 17.8. The van der Waals surface area contributed by atoms with E-state index in [1.165, 1.54) is 13.3 Å². The van der Waals surface area contributed by atoms with Crippen molar-refractivity contribution in [1.29, 1.82) is 0 Å². The van der Waals surface area contributed by atoms with Gasteiger partial charge in [0.05, 0.1) is 19.9 Å². The van der Waals surface area contributed by atoms with E-state index in [1.54, 1.807) is 37.6 Å². The lowest BCUT2D eigenvalue weighted by atomic mass is 9.97. The van der Waals surface area contributed by atoms with Crippen molar-refractivity contribution in [3.8, 4) is 22.6 Å². The van der Waals surface area contributed by atoms with Crippen LogP contribution in [0.15, 0.2) is 71.5 Å². The summed E-state index contributed by atoms with van der Waals surface area (Å²) in [6.45, 7) is 3.80. The summed E-state index contributed by atoms with van der Waals surface area (Å²) in [5.74, 6) is 0.326. The summed E-state index contributed by atoms with van der Waals surface area (Å²) in [6.07, 6.45) is 3.12. The Labute approximate surface area is 223 Å². The van der Waals surface area contributed by atoms with Gasteiger partial charge in [0.25, 0.3) is 11.8 Å². The molecule has 2 N–H and O–H groups in total. The monoisotopic (exact) mass is 560 g/mol. The van der Waals surface area contributed by atoms with Crippen LogP contribution < -0.4 is 20.1 Å². The first-order valence-electron chi connectivity index (χ1n) is 11.3. The van der Waals surface area contributed by atoms with Crippen LogP contribution in [0.2, 0.25) is 0 Å². The number of hydrogen-bond donors (Lipinski definition) is 2. The number of nitrogens with zero attached hydrogens (tertiary/aromatic N) is 2. The van der Waals surface area contributed by atoms with E-state index >= 15 is 0 Å². The molecule has 0 aliphatic carbocycles. The second kappa shape index (κ2) is 11.2. The number of benzene rings is 2. The molecule has 0 atom stereocenters. The van der Waals surface area contributed by atoms with Gasteiger partial charge in [-0.3, -0.25) is 14.6 Å². The van der Waals surface area contributed by atoms with Gasteiger partial charge in [0.2, 0.25) is 0 Å². The summed E-state index contributed by atoms with van der Waals surface area (Å²) in [4.78, 5) is 34.1. The number of aryl methyl sites for hydroxylation is 1. The Kier molecular flexibility index (Phi) is 7.83. The molecule has 0 aliphatic heterocycles. The van der Waals surface area contributed by atoms with E-state index in [1.807, 2.05) is 44.2 Å². The van der Waals surface area contributed by atoms with Crippen molar-refractivity contribution >= 4 is 39.1 Å². The number of hydrogen-bond acceptors (Lipinski definition) is 6. The number of para-hydroxylation sites is 1. The van der Waals surface area contributed by atoms with Gasteiger partial charge >= 0.3 is 0 Å². The summed E-state index contributed by atoms with van der Waals surface area (Å²) in [5.41, 5.74) is 4.98. The number of carbonyl (C=O) groups is 2. The maximum Gasteiger partial charge on any atom is 0.274 e. The van der Waals surface area contributed by atoms with E-state index in [0.717, 1.165) is 26.7 Å². The number of ether oxygens (including phenoxy) is 2. The predicted octanol–water partition coefficient (Wildman–Crippen LogP) is 6.04. The standard InChI is InChI=1S/C28H25BrN4O4/c1-16-13-24(31-15-21(16)29)27(34)33-23-10-6-8-20(26(23)37-4)19-7-5-9-22(17(19)2)32-28(35)25-14-18(36-3)11-12-30-25/h5-15H,1-4H3,(H,32,35)(H,33,34). The lowest BCUT2D eigenvalue weighted by Gasteiger charge is -2.18. The van der Waals surface area contributed by atoms with Gasteiger partial charge in [-0.1, -0.05) is 24.3 Å². The van der Waals surface area contributed by atoms with Crippen molar-refractivity contribution in [3.63, 3.8) is 0 Å². The fourth-order valence-electron chi connectivity index (χ4n) is 3.83. The normalized spacial score (nSPS) is 10.5. The molecule has 0 spiro atoms. The van der Waals surface area contributed by atoms with Crippen molar-refractivity contribution in [3.05, 3.63) is 94.0 Å². The average molecular weight is 561 g/mol. The molecule has 0 fully saturated rings. The molecular weight excluding hydrogens is 536 g/mol. The summed E-state index contributed by atoms with van der Waals surface area (Å²) >= 11 is 3.40. The van der Waals surface area contributed by atoms with Crippen LogP contribution >= 0.6 is 15.9 Å². The van der Waals surface area contributed by atoms with Crippen molar-refractivity contribution in [1.82, 2.24) is 9.97 Å². The van der Waals surface area contributed by atoms with Crippen LogP contribution in [0.25, 0.3) is 11.1 Å². The minimum absolute atomic E-state index is 0.239. The van der Waals surface area contributed by atoms with Gasteiger partial charge in [-0.05, 0) is 70.7 Å². The molecule has 0 saturated carbocycles. The third-order valence-electron chi connectivity index (χ3n) is 5.82. The SMILES string of the molecule is COc1ccnc(C(=O)Nc2cccc(-c3cccc(NC(=O)c4cc(C)c(Br)cn4)c3OC)c2C)c1. The van der Waals surface area contributed by atoms with Crippen LogP contribution in [0, 0.1) is 13.8 Å². The molecule has 2 aromatic heterocycles. The number of carbonyl (C=O) groups excluding carboxylic acids is 2. The molecule has 0 unspecified atom stereocenters. The van der Waals surface area contributed by atoms with Crippen LogP contribution in [0.4, 0.5) is 11.4 Å². The highest BCUT2D eigenvalue weighted by atomic mass is 79.9. The molecule has 4 aromatic rings. The molecule has 2 aromatic carbocycles. The van der Waals surface area contributed by atoms with Crippen LogP contribution in [0.1, 0.15) is 32.1 Å². The Bertz CT molecular complexity index is 1490. The molecule has 4 rings (SSSR count). The minimum atomic E-state index is -0.357. The molecule has 2 amide bonds. The third kappa shape index (κ3) is 5.62. The van der Waals surface area contributed by atoms with Gasteiger partial charge < -0.3 is 20.1 Å². The Balaban J connectivity index is 1.65. The molecule has 0 radical (unpaired) electrons. The number of halogens is 1. The second-order valence-electron chi connectivity index (χ2n) is 8.17. The molecule has 8 nitrogen and oxygen atoms in total. The summed E-state index contributed by atoms with van der Waals surface area (Å²) < 4.78 is 11.7. The van der Waals surface area contributed by atoms with E-state index in [9.17, 15) is 9.59 Å². The number of nitrogens with one attached hydrogen (secondary N) is 2. The highest BCUT2D eigenvalue weighted by molar-refractivity contribution is 9.10. The minimum Gasteiger partial charge on any atom is -0.497 e.